The number of nitrogens with zero attached hydrogens (tertiary/aromatic N) is 3. The number of hydrogen-bond donors (Lipinski definition) is 9. The monoisotopic (exact) mass is 2140 g/mol. The smallest absolute Gasteiger partial charge is 0.315 e. The fraction of sp³-hybridized carbons (Fsp3) is 0.867. The SMILES string of the molecule is CC(C)(C)[C@H](NC(=O)NC1(CS(=O)(=O)C(C)(C)C)CCCCC1)C(=O)N1C[C@H]2[C@@H]([C@H]1C(=O)C[C@@H](CCC1CC1)C(=O)C(=O)NC1CC1)C2(C)C.CC(C)(C)[C@H](NC(=O)NC1(CS(=O)(=O)C(C)(C)C)CCCCC1)C(=O)N1C[C@H]2[C@@H]([C@H]1C(=O)C[C@H](CCC1CC1)C(=O)C(=O)NC1CC1)C2(C)C.CCCC[C@H](CC(=O)[C@@H]1[C@@H]2[C@H](CN1C(=O)[C@@H](NC(=O)NC1(CS(=O)(=O)C(C)(C)C)CCCCC1)C(C)(C)C)C2(C)C)C(=O)C(=O)NC1CC1. The van der Waals surface area contributed by atoms with Gasteiger partial charge < -0.3 is 62.6 Å². The molecule has 3 saturated heterocycles. The minimum Gasteiger partial charge on any atom is -0.347 e. The third-order valence-corrected chi connectivity index (χ3v) is 44.8. The number of rotatable bonds is 42. The Labute approximate surface area is 889 Å². The summed E-state index contributed by atoms with van der Waals surface area (Å²) in [5, 5.41) is 26.2. The van der Waals surface area contributed by atoms with Crippen LogP contribution in [0.4, 0.5) is 14.4 Å². The maximum atomic E-state index is 14.5. The summed E-state index contributed by atoms with van der Waals surface area (Å²) in [6.45, 7) is 47.4. The summed E-state index contributed by atoms with van der Waals surface area (Å²) in [5.74, 6) is -6.72. The van der Waals surface area contributed by atoms with Gasteiger partial charge in [0.2, 0.25) is 35.1 Å². The lowest BCUT2D eigenvalue weighted by Crippen LogP contribution is -2.63. The quantitative estimate of drug-likeness (QED) is 0.0256. The molecule has 9 N–H and O–H groups in total. The lowest BCUT2D eigenvalue weighted by atomic mass is 9.83. The van der Waals surface area contributed by atoms with Gasteiger partial charge in [-0.25, -0.2) is 39.6 Å². The van der Waals surface area contributed by atoms with Crippen LogP contribution in [0.3, 0.4) is 0 Å². The fourth-order valence-electron chi connectivity index (χ4n) is 24.9. The van der Waals surface area contributed by atoms with E-state index < -0.39 is 184 Å². The molecule has 11 aliphatic carbocycles. The first-order chi connectivity index (χ1) is 68.7. The Morgan fingerprint density at radius 1 is 0.322 bits per heavy atom. The van der Waals surface area contributed by atoms with Gasteiger partial charge >= 0.3 is 18.1 Å². The molecule has 0 spiro atoms. The third kappa shape index (κ3) is 29.3. The van der Waals surface area contributed by atoms with Crippen molar-refractivity contribution in [3.05, 3.63) is 0 Å². The number of ketones is 6. The number of hydrogen-bond acceptors (Lipinski definition) is 21. The van der Waals surface area contributed by atoms with Crippen LogP contribution in [0.25, 0.3) is 0 Å². The zero-order chi connectivity index (χ0) is 111. The standard InChI is InChI=1S/2C38H62N4O7S.C37H62N4O7S/c2*1-35(2,3)31(40-34(47)41-38(18-10-9-11-19-38)22-50(48,49)36(4,5)6)33(46)42-21-26-28(37(26,7)8)29(42)27(43)20-24(15-14-23-12-13-23)30(44)32(45)39-25-16-17-25;1-10-11-15-23(29(43)31(44)38-24-16-17-24)20-26(42)28-27-25(36(27,8)9)21-41(28)32(45)30(34(2,3)4)39-33(46)40-37(18-13-12-14-19-37)22-49(47,48)35(5,6)7/h2*23-26,28-29,31H,9-22H2,1-8H3,(H,39,45)(H2,40,41,47);23-25,27-28,30H,10-22H2,1-9H3,(H,38,44)(H2,39,40,46)/t24-,26+,28+,29-,31-;24-,26-,28-,29+,31+;23-,25+,27+,28-,30-/m101/s1. The number of unbranched alkanes of at least 4 members (excludes halogenated alkanes) is 1. The minimum atomic E-state index is -3.55. The molecule has 33 nitrogen and oxygen atoms in total. The highest BCUT2D eigenvalue weighted by Gasteiger charge is 2.73. The molecule has 3 heterocycles. The van der Waals surface area contributed by atoms with Crippen LogP contribution in [0, 0.1) is 97.6 Å². The molecule has 0 aromatic carbocycles. The molecule has 149 heavy (non-hydrogen) atoms. The van der Waals surface area contributed by atoms with E-state index in [1.54, 1.807) is 77.0 Å². The van der Waals surface area contributed by atoms with Crippen molar-refractivity contribution in [1.29, 1.82) is 0 Å². The second kappa shape index (κ2) is 45.0. The Kier molecular flexibility index (Phi) is 36.3. The Hall–Kier alpha value is -7.50. The zero-order valence-corrected chi connectivity index (χ0v) is 97.1. The van der Waals surface area contributed by atoms with Gasteiger partial charge in [0.25, 0.3) is 17.7 Å². The van der Waals surface area contributed by atoms with E-state index in [9.17, 15) is 97.2 Å². The molecule has 0 aromatic rings. The van der Waals surface area contributed by atoms with E-state index in [0.29, 0.717) is 95.7 Å². The maximum absolute atomic E-state index is 14.5. The van der Waals surface area contributed by atoms with Gasteiger partial charge in [0.1, 0.15) is 18.1 Å². The first-order valence-electron chi connectivity index (χ1n) is 56.6. The van der Waals surface area contributed by atoms with Gasteiger partial charge in [0.05, 0.1) is 66.2 Å². The van der Waals surface area contributed by atoms with Crippen LogP contribution < -0.4 is 47.9 Å². The van der Waals surface area contributed by atoms with Gasteiger partial charge in [-0.2, -0.15) is 0 Å². The predicted molar refractivity (Wildman–Crippen MR) is 573 cm³/mol. The van der Waals surface area contributed by atoms with Crippen LogP contribution in [0.5, 0.6) is 0 Å². The molecular weight excluding hydrogens is 1960 g/mol. The largest absolute Gasteiger partial charge is 0.347 e. The molecule has 15 atom stereocenters. The van der Waals surface area contributed by atoms with Crippen molar-refractivity contribution in [2.75, 3.05) is 36.9 Å². The van der Waals surface area contributed by atoms with Crippen molar-refractivity contribution in [3.63, 3.8) is 0 Å². The van der Waals surface area contributed by atoms with E-state index >= 15 is 0 Å². The number of Topliss-reactive ketones (excluding diaryl/α,β-unsaturated/α-hetero) is 6. The number of fused-ring (bicyclic) bond motifs is 3. The maximum Gasteiger partial charge on any atom is 0.315 e. The van der Waals surface area contributed by atoms with Crippen molar-refractivity contribution >= 4 is 118 Å². The Balaban J connectivity index is 0.000000198. The normalized spacial score (nSPS) is 26.6. The van der Waals surface area contributed by atoms with Gasteiger partial charge in [-0.15, -0.1) is 0 Å². The van der Waals surface area contributed by atoms with Gasteiger partial charge in [0.15, 0.2) is 46.9 Å². The van der Waals surface area contributed by atoms with Crippen molar-refractivity contribution in [2.45, 2.75) is 483 Å². The van der Waals surface area contributed by atoms with Crippen LogP contribution >= 0.6 is 0 Å². The molecule has 3 aliphatic heterocycles. The van der Waals surface area contributed by atoms with Crippen molar-refractivity contribution in [3.8, 4) is 0 Å². The molecule has 12 amide bonds. The van der Waals surface area contributed by atoms with Gasteiger partial charge in [0, 0.05) is 74.8 Å². The molecule has 14 aliphatic rings. The van der Waals surface area contributed by atoms with Crippen LogP contribution in [0.15, 0.2) is 0 Å². The average Bonchev–Trinajstić information content (AvgIpc) is 1.53. The van der Waals surface area contributed by atoms with Crippen LogP contribution in [0.1, 0.15) is 398 Å². The second-order valence-corrected chi connectivity index (χ2v) is 64.3. The molecule has 0 bridgehead atoms. The lowest BCUT2D eigenvalue weighted by molar-refractivity contribution is -0.145. The third-order valence-electron chi connectivity index (χ3n) is 36.4. The number of nitrogens with one attached hydrogen (secondary N) is 9. The number of piperidine rings is 3. The van der Waals surface area contributed by atoms with E-state index in [4.69, 9.17) is 0 Å². The molecule has 0 aromatic heterocycles. The predicted octanol–water partition coefficient (Wildman–Crippen LogP) is 14.1. The highest BCUT2D eigenvalue weighted by atomic mass is 32.2. The fourth-order valence-corrected chi connectivity index (χ4v) is 29.4. The summed E-state index contributed by atoms with van der Waals surface area (Å²) in [6, 6.07) is -6.91. The van der Waals surface area contributed by atoms with Crippen molar-refractivity contribution < 1.29 is 97.2 Å². The molecule has 11 saturated carbocycles. The van der Waals surface area contributed by atoms with Crippen molar-refractivity contribution in [1.82, 2.24) is 62.6 Å². The first kappa shape index (κ1) is 120. The molecule has 0 radical (unpaired) electrons. The number of amides is 12. The summed E-state index contributed by atoms with van der Waals surface area (Å²) in [6.07, 6.45) is 24.6. The summed E-state index contributed by atoms with van der Waals surface area (Å²) in [4.78, 5) is 211. The Bertz CT molecular complexity index is 5140. The zero-order valence-electron chi connectivity index (χ0n) is 94.7. The number of urea groups is 3. The van der Waals surface area contributed by atoms with E-state index in [0.717, 1.165) is 141 Å². The summed E-state index contributed by atoms with van der Waals surface area (Å²) >= 11 is 0. The second-order valence-electron chi connectivity index (χ2n) is 56.1. The lowest BCUT2D eigenvalue weighted by Gasteiger charge is -2.41. The molecule has 14 fully saturated rings. The molecular formula is C113H186N12O21S3. The van der Waals surface area contributed by atoms with E-state index in [1.807, 2.05) is 69.2 Å². The minimum absolute atomic E-state index is 0.0323. The molecule has 36 heteroatoms. The molecule has 842 valence electrons. The summed E-state index contributed by atoms with van der Waals surface area (Å²) < 4.78 is 77.0. The Morgan fingerprint density at radius 3 is 0.752 bits per heavy atom. The van der Waals surface area contributed by atoms with E-state index in [1.165, 1.54) is 0 Å². The van der Waals surface area contributed by atoms with Gasteiger partial charge in [-0.3, -0.25) is 57.5 Å². The highest BCUT2D eigenvalue weighted by molar-refractivity contribution is 7.93. The summed E-state index contributed by atoms with van der Waals surface area (Å²) in [5.41, 5.74) is -5.47. The number of carbonyl (C=O) groups is 15. The number of carbonyl (C=O) groups excluding carboxylic acids is 15. The Morgan fingerprint density at radius 2 is 0.550 bits per heavy atom. The molecule has 14 rings (SSSR count). The van der Waals surface area contributed by atoms with Gasteiger partial charge in [-0.1, -0.05) is 207 Å². The number of likely N-dealkylation sites (tertiary alicyclic amines) is 3. The first-order valence-corrected chi connectivity index (χ1v) is 61.6. The number of sulfone groups is 3. The molecule has 0 unspecified atom stereocenters. The topological polar surface area (TPSA) is 476 Å². The van der Waals surface area contributed by atoms with Crippen LogP contribution in [0.2, 0.25) is 0 Å². The highest BCUT2D eigenvalue weighted by Crippen LogP contribution is 2.68. The van der Waals surface area contributed by atoms with Crippen LogP contribution in [-0.4, -0.2) is 250 Å². The van der Waals surface area contributed by atoms with E-state index in [-0.39, 0.29) is 141 Å². The van der Waals surface area contributed by atoms with Gasteiger partial charge in [-0.05, 0) is 251 Å². The average molecular weight is 2140 g/mol. The summed E-state index contributed by atoms with van der Waals surface area (Å²) in [7, 11) is -10.7. The van der Waals surface area contributed by atoms with Crippen LogP contribution in [-0.2, 0) is 87.0 Å². The van der Waals surface area contributed by atoms with Crippen molar-refractivity contribution in [2.24, 2.45) is 97.6 Å². The van der Waals surface area contributed by atoms with E-state index in [2.05, 4.69) is 89.4 Å².